The van der Waals surface area contributed by atoms with Gasteiger partial charge in [-0.25, -0.2) is 4.79 Å². The third-order valence-corrected chi connectivity index (χ3v) is 3.95. The summed E-state index contributed by atoms with van der Waals surface area (Å²) in [6, 6.07) is 14.6. The van der Waals surface area contributed by atoms with Gasteiger partial charge in [0, 0.05) is 17.0 Å². The fourth-order valence-electron chi connectivity index (χ4n) is 2.60. The van der Waals surface area contributed by atoms with E-state index in [1.54, 1.807) is 25.3 Å². The van der Waals surface area contributed by atoms with Crippen molar-refractivity contribution in [2.24, 2.45) is 0 Å². The van der Waals surface area contributed by atoms with Gasteiger partial charge in [0.1, 0.15) is 11.3 Å². The molecule has 132 valence electrons. The Kier molecular flexibility index (Phi) is 5.17. The smallest absolute Gasteiger partial charge is 0.331 e. The molecule has 0 radical (unpaired) electrons. The van der Waals surface area contributed by atoms with Gasteiger partial charge in [0.15, 0.2) is 12.4 Å². The molecule has 0 aliphatic heterocycles. The second kappa shape index (κ2) is 7.70. The first-order chi connectivity index (χ1) is 12.6. The summed E-state index contributed by atoms with van der Waals surface area (Å²) in [6.07, 6.45) is 2.87. The first-order valence-electron chi connectivity index (χ1n) is 8.08. The van der Waals surface area contributed by atoms with Gasteiger partial charge in [-0.15, -0.1) is 0 Å². The second-order valence-corrected chi connectivity index (χ2v) is 5.69. The molecule has 1 aromatic heterocycles. The Bertz CT molecular complexity index is 981. The van der Waals surface area contributed by atoms with Gasteiger partial charge in [0.25, 0.3) is 0 Å². The number of esters is 1. The molecule has 26 heavy (non-hydrogen) atoms. The van der Waals surface area contributed by atoms with E-state index in [0.29, 0.717) is 11.3 Å². The van der Waals surface area contributed by atoms with E-state index >= 15 is 0 Å². The van der Waals surface area contributed by atoms with E-state index in [2.05, 4.69) is 0 Å². The highest BCUT2D eigenvalue weighted by Gasteiger charge is 2.18. The Balaban J connectivity index is 1.62. The van der Waals surface area contributed by atoms with Crippen LogP contribution >= 0.6 is 0 Å². The van der Waals surface area contributed by atoms with Crippen LogP contribution in [-0.4, -0.2) is 25.5 Å². The Hall–Kier alpha value is -3.34. The maximum Gasteiger partial charge on any atom is 0.331 e. The number of methoxy groups -OCH3 is 1. The van der Waals surface area contributed by atoms with Gasteiger partial charge in [-0.1, -0.05) is 30.3 Å². The van der Waals surface area contributed by atoms with Crippen molar-refractivity contribution in [3.63, 3.8) is 0 Å². The van der Waals surface area contributed by atoms with Gasteiger partial charge in [0.05, 0.1) is 7.11 Å². The monoisotopic (exact) mass is 350 g/mol. The number of hydrogen-bond acceptors (Lipinski definition) is 5. The number of carbonyl (C=O) groups excluding carboxylic acids is 2. The molecule has 5 nitrogen and oxygen atoms in total. The summed E-state index contributed by atoms with van der Waals surface area (Å²) >= 11 is 0. The number of hydrogen-bond donors (Lipinski definition) is 0. The summed E-state index contributed by atoms with van der Waals surface area (Å²) in [7, 11) is 1.57. The molecule has 1 heterocycles. The number of carbonyl (C=O) groups is 2. The average molecular weight is 350 g/mol. The van der Waals surface area contributed by atoms with Crippen LogP contribution in [0.3, 0.4) is 0 Å². The third kappa shape index (κ3) is 3.83. The SMILES string of the molecule is COc1cccc(/C=C/C(=O)OCC(=O)c2oc3ccccc3c2C)c1. The van der Waals surface area contributed by atoms with Crippen LogP contribution < -0.4 is 4.74 Å². The lowest BCUT2D eigenvalue weighted by Crippen LogP contribution is -2.12. The summed E-state index contributed by atoms with van der Waals surface area (Å²) in [6.45, 7) is 1.44. The molecular weight excluding hydrogens is 332 g/mol. The van der Waals surface area contributed by atoms with Crippen LogP contribution in [0.5, 0.6) is 5.75 Å². The van der Waals surface area contributed by atoms with Crippen LogP contribution in [0.4, 0.5) is 0 Å². The topological polar surface area (TPSA) is 65.7 Å². The van der Waals surface area contributed by atoms with Crippen LogP contribution in [0.25, 0.3) is 17.0 Å². The van der Waals surface area contributed by atoms with Crippen molar-refractivity contribution >= 4 is 28.8 Å². The zero-order valence-electron chi connectivity index (χ0n) is 14.5. The Morgan fingerprint density at radius 3 is 2.69 bits per heavy atom. The molecule has 0 amide bonds. The summed E-state index contributed by atoms with van der Waals surface area (Å²) < 4.78 is 15.7. The number of ketones is 1. The molecule has 0 saturated carbocycles. The van der Waals surface area contributed by atoms with Gasteiger partial charge in [0.2, 0.25) is 5.78 Å². The number of rotatable bonds is 6. The molecule has 0 saturated heterocycles. The highest BCUT2D eigenvalue weighted by molar-refractivity contribution is 6.02. The van der Waals surface area contributed by atoms with Crippen molar-refractivity contribution in [1.82, 2.24) is 0 Å². The maximum atomic E-state index is 12.3. The zero-order valence-corrected chi connectivity index (χ0v) is 14.5. The second-order valence-electron chi connectivity index (χ2n) is 5.69. The van der Waals surface area contributed by atoms with Gasteiger partial charge in [-0.05, 0) is 36.8 Å². The molecule has 0 aliphatic rings. The molecular formula is C21H18O5. The number of para-hydroxylation sites is 1. The van der Waals surface area contributed by atoms with Crippen LogP contribution in [0.15, 0.2) is 59.0 Å². The third-order valence-electron chi connectivity index (χ3n) is 3.95. The van der Waals surface area contributed by atoms with Crippen molar-refractivity contribution < 1.29 is 23.5 Å². The molecule has 3 aromatic rings. The Morgan fingerprint density at radius 1 is 1.12 bits per heavy atom. The minimum absolute atomic E-state index is 0.218. The maximum absolute atomic E-state index is 12.3. The average Bonchev–Trinajstić information content (AvgIpc) is 3.01. The lowest BCUT2D eigenvalue weighted by atomic mass is 10.1. The van der Waals surface area contributed by atoms with E-state index in [1.165, 1.54) is 6.08 Å². The van der Waals surface area contributed by atoms with E-state index in [-0.39, 0.29) is 18.2 Å². The van der Waals surface area contributed by atoms with E-state index < -0.39 is 5.97 Å². The van der Waals surface area contributed by atoms with Crippen molar-refractivity contribution in [3.05, 3.63) is 71.5 Å². The van der Waals surface area contributed by atoms with Gasteiger partial charge in [-0.3, -0.25) is 4.79 Å². The normalized spacial score (nSPS) is 11.0. The lowest BCUT2D eigenvalue weighted by molar-refractivity contribution is -0.136. The molecule has 0 fully saturated rings. The molecule has 0 bridgehead atoms. The summed E-state index contributed by atoms with van der Waals surface area (Å²) in [5.74, 6) is -0.0661. The van der Waals surface area contributed by atoms with Gasteiger partial charge >= 0.3 is 5.97 Å². The predicted octanol–water partition coefficient (Wildman–Crippen LogP) is 4.19. The van der Waals surface area contributed by atoms with E-state index in [9.17, 15) is 9.59 Å². The van der Waals surface area contributed by atoms with E-state index in [0.717, 1.165) is 16.5 Å². The quantitative estimate of drug-likeness (QED) is 0.379. The summed E-state index contributed by atoms with van der Waals surface area (Å²) in [4.78, 5) is 24.1. The van der Waals surface area contributed by atoms with Crippen LogP contribution in [-0.2, 0) is 9.53 Å². The lowest BCUT2D eigenvalue weighted by Gasteiger charge is -2.01. The molecule has 3 rings (SSSR count). The summed E-state index contributed by atoms with van der Waals surface area (Å²) in [5.41, 5.74) is 2.17. The van der Waals surface area contributed by atoms with Crippen molar-refractivity contribution in [2.75, 3.05) is 13.7 Å². The van der Waals surface area contributed by atoms with Gasteiger partial charge in [-0.2, -0.15) is 0 Å². The fraction of sp³-hybridized carbons (Fsp3) is 0.143. The standard InChI is InChI=1S/C21H18O5/c1-14-17-8-3-4-9-19(17)26-21(14)18(22)13-25-20(23)11-10-15-6-5-7-16(12-15)24-2/h3-12H,13H2,1-2H3/b11-10+. The molecule has 5 heteroatoms. The Labute approximate surface area is 150 Å². The molecule has 0 aliphatic carbocycles. The largest absolute Gasteiger partial charge is 0.497 e. The number of Topliss-reactive ketones (excluding diaryl/α,β-unsaturated/α-hetero) is 1. The highest BCUT2D eigenvalue weighted by atomic mass is 16.5. The zero-order chi connectivity index (χ0) is 18.5. The summed E-state index contributed by atoms with van der Waals surface area (Å²) in [5, 5.41) is 0.875. The highest BCUT2D eigenvalue weighted by Crippen LogP contribution is 2.25. The molecule has 0 spiro atoms. The molecule has 0 N–H and O–H groups in total. The van der Waals surface area contributed by atoms with Crippen molar-refractivity contribution in [2.45, 2.75) is 6.92 Å². The molecule has 0 unspecified atom stereocenters. The number of furan rings is 1. The van der Waals surface area contributed by atoms with E-state index in [4.69, 9.17) is 13.9 Å². The minimum Gasteiger partial charge on any atom is -0.497 e. The van der Waals surface area contributed by atoms with Gasteiger partial charge < -0.3 is 13.9 Å². The predicted molar refractivity (Wildman–Crippen MR) is 98.3 cm³/mol. The Morgan fingerprint density at radius 2 is 1.92 bits per heavy atom. The van der Waals surface area contributed by atoms with Crippen LogP contribution in [0.2, 0.25) is 0 Å². The first kappa shape index (κ1) is 17.5. The van der Waals surface area contributed by atoms with Crippen molar-refractivity contribution in [1.29, 1.82) is 0 Å². The minimum atomic E-state index is -0.602. The molecule has 0 atom stereocenters. The number of fused-ring (bicyclic) bond motifs is 1. The van der Waals surface area contributed by atoms with E-state index in [1.807, 2.05) is 43.3 Å². The van der Waals surface area contributed by atoms with Crippen LogP contribution in [0, 0.1) is 6.92 Å². The number of ether oxygens (including phenoxy) is 2. The van der Waals surface area contributed by atoms with Crippen molar-refractivity contribution in [3.8, 4) is 5.75 Å². The fourth-order valence-corrected chi connectivity index (χ4v) is 2.60. The first-order valence-corrected chi connectivity index (χ1v) is 8.08. The molecule has 2 aromatic carbocycles. The number of aryl methyl sites for hydroxylation is 1. The number of benzene rings is 2. The van der Waals surface area contributed by atoms with Crippen LogP contribution in [0.1, 0.15) is 21.7 Å².